The Labute approximate surface area is 200 Å². The predicted octanol–water partition coefficient (Wildman–Crippen LogP) is 2.48. The second-order valence-electron chi connectivity index (χ2n) is 9.16. The molecule has 0 radical (unpaired) electrons. The van der Waals surface area contributed by atoms with Gasteiger partial charge in [0.1, 0.15) is 6.04 Å². The number of hydrogen-bond donors (Lipinski definition) is 1. The molecule has 2 aromatic carbocycles. The van der Waals surface area contributed by atoms with Gasteiger partial charge >= 0.3 is 0 Å². The molecule has 1 fully saturated rings. The third-order valence-corrected chi connectivity index (χ3v) is 7.24. The largest absolute Gasteiger partial charge is 0.454 e. The van der Waals surface area contributed by atoms with Gasteiger partial charge in [-0.2, -0.15) is 0 Å². The Hall–Kier alpha value is -4.27. The molecule has 0 aliphatic carbocycles. The molecule has 0 saturated carbocycles. The van der Waals surface area contributed by atoms with Gasteiger partial charge in [0.15, 0.2) is 11.5 Å². The molecule has 3 aliphatic rings. The van der Waals surface area contributed by atoms with Crippen LogP contribution in [0.2, 0.25) is 0 Å². The van der Waals surface area contributed by atoms with Crippen molar-refractivity contribution in [3.8, 4) is 11.5 Å². The number of amides is 2. The van der Waals surface area contributed by atoms with Crippen LogP contribution in [0.4, 0.5) is 0 Å². The molecule has 0 spiro atoms. The van der Waals surface area contributed by atoms with Gasteiger partial charge in [-0.15, -0.1) is 0 Å². The number of rotatable bonds is 4. The fraction of sp³-hybridized carbons (Fsp3) is 0.269. The smallest absolute Gasteiger partial charge is 0.246 e. The highest BCUT2D eigenvalue weighted by molar-refractivity contribution is 5.97. The number of carbonyl (C=O) groups is 2. The predicted molar refractivity (Wildman–Crippen MR) is 126 cm³/mol. The number of nitrogens with zero attached hydrogens (tertiary/aromatic N) is 4. The van der Waals surface area contributed by atoms with Crippen LogP contribution in [0.25, 0.3) is 10.9 Å². The van der Waals surface area contributed by atoms with E-state index in [-0.39, 0.29) is 25.2 Å². The number of benzene rings is 2. The monoisotopic (exact) mass is 469 g/mol. The lowest BCUT2D eigenvalue weighted by molar-refractivity contribution is -0.158. The van der Waals surface area contributed by atoms with E-state index in [0.29, 0.717) is 31.0 Å². The van der Waals surface area contributed by atoms with Crippen LogP contribution < -0.4 is 9.47 Å². The van der Waals surface area contributed by atoms with Crippen LogP contribution in [0.5, 0.6) is 11.5 Å². The molecular formula is C26H23N5O4. The Morgan fingerprint density at radius 3 is 2.83 bits per heavy atom. The first kappa shape index (κ1) is 20.1. The Morgan fingerprint density at radius 2 is 1.94 bits per heavy atom. The normalized spacial score (nSPS) is 20.9. The molecule has 5 heterocycles. The molecule has 2 atom stereocenters. The van der Waals surface area contributed by atoms with Crippen molar-refractivity contribution >= 4 is 22.7 Å². The number of piperazine rings is 1. The van der Waals surface area contributed by atoms with Crippen LogP contribution in [0.1, 0.15) is 22.9 Å². The van der Waals surface area contributed by atoms with Crippen molar-refractivity contribution in [3.63, 3.8) is 0 Å². The number of fused-ring (bicyclic) bond motifs is 5. The second kappa shape index (κ2) is 7.63. The van der Waals surface area contributed by atoms with Crippen LogP contribution in [0.3, 0.4) is 0 Å². The molecular weight excluding hydrogens is 446 g/mol. The Kier molecular flexibility index (Phi) is 4.39. The topological polar surface area (TPSA) is 92.7 Å². The highest BCUT2D eigenvalue weighted by Gasteiger charge is 2.48. The van der Waals surface area contributed by atoms with Crippen molar-refractivity contribution in [1.82, 2.24) is 24.3 Å². The van der Waals surface area contributed by atoms with Gasteiger partial charge in [0.2, 0.25) is 18.6 Å². The number of imidazole rings is 1. The molecule has 9 nitrogen and oxygen atoms in total. The van der Waals surface area contributed by atoms with E-state index in [1.165, 1.54) is 0 Å². The maximum absolute atomic E-state index is 13.7. The number of ether oxygens (including phenoxy) is 2. The first-order valence-electron chi connectivity index (χ1n) is 11.7. The van der Waals surface area contributed by atoms with Crippen LogP contribution in [-0.2, 0) is 22.6 Å². The fourth-order valence-electron chi connectivity index (χ4n) is 5.60. The van der Waals surface area contributed by atoms with Gasteiger partial charge in [0.25, 0.3) is 0 Å². The molecule has 4 aromatic rings. The van der Waals surface area contributed by atoms with Gasteiger partial charge < -0.3 is 28.8 Å². The van der Waals surface area contributed by atoms with E-state index in [4.69, 9.17) is 9.47 Å². The molecule has 176 valence electrons. The van der Waals surface area contributed by atoms with E-state index < -0.39 is 12.1 Å². The minimum absolute atomic E-state index is 0.0219. The molecule has 9 heteroatoms. The van der Waals surface area contributed by atoms with E-state index in [2.05, 4.69) is 16.0 Å². The summed E-state index contributed by atoms with van der Waals surface area (Å²) in [7, 11) is 0. The molecule has 0 bridgehead atoms. The molecule has 2 amide bonds. The molecule has 7 rings (SSSR count). The average molecular weight is 470 g/mol. The fourth-order valence-corrected chi connectivity index (χ4v) is 5.60. The Morgan fingerprint density at radius 1 is 1.06 bits per heavy atom. The number of H-pyrrole nitrogens is 1. The summed E-state index contributed by atoms with van der Waals surface area (Å²) in [5.74, 6) is 1.25. The van der Waals surface area contributed by atoms with Crippen LogP contribution in [0.15, 0.2) is 61.2 Å². The van der Waals surface area contributed by atoms with E-state index in [0.717, 1.165) is 27.7 Å². The zero-order valence-corrected chi connectivity index (χ0v) is 18.9. The van der Waals surface area contributed by atoms with E-state index >= 15 is 0 Å². The number of aromatic nitrogens is 3. The minimum atomic E-state index is -0.568. The SMILES string of the molecule is O=C1[C@H]2Cc3c([nH]c4ccccc34)[C@@H](c3ccc4c(c3)OCO4)N2C(=O)CN1CCn1ccnc1. The summed E-state index contributed by atoms with van der Waals surface area (Å²) in [5, 5.41) is 1.09. The van der Waals surface area contributed by atoms with Crippen LogP contribution in [-0.4, -0.2) is 62.1 Å². The van der Waals surface area contributed by atoms with E-state index in [1.54, 1.807) is 22.3 Å². The van der Waals surface area contributed by atoms with Gasteiger partial charge in [-0.1, -0.05) is 24.3 Å². The summed E-state index contributed by atoms with van der Waals surface area (Å²) >= 11 is 0. The number of nitrogens with one attached hydrogen (secondary N) is 1. The highest BCUT2D eigenvalue weighted by Crippen LogP contribution is 2.44. The first-order chi connectivity index (χ1) is 17.2. The van der Waals surface area contributed by atoms with Crippen molar-refractivity contribution in [3.05, 3.63) is 78.0 Å². The van der Waals surface area contributed by atoms with Crippen LogP contribution in [0, 0.1) is 0 Å². The van der Waals surface area contributed by atoms with Crippen molar-refractivity contribution in [2.75, 3.05) is 19.9 Å². The van der Waals surface area contributed by atoms with Gasteiger partial charge in [0.05, 0.1) is 18.9 Å². The van der Waals surface area contributed by atoms with Crippen molar-refractivity contribution in [1.29, 1.82) is 0 Å². The van der Waals surface area contributed by atoms with Gasteiger partial charge in [-0.05, 0) is 29.3 Å². The zero-order chi connectivity index (χ0) is 23.5. The van der Waals surface area contributed by atoms with Gasteiger partial charge in [-0.25, -0.2) is 4.98 Å². The lowest BCUT2D eigenvalue weighted by atomic mass is 9.86. The minimum Gasteiger partial charge on any atom is -0.454 e. The summed E-state index contributed by atoms with van der Waals surface area (Å²) in [6, 6.07) is 12.9. The number of para-hydroxylation sites is 1. The molecule has 35 heavy (non-hydrogen) atoms. The van der Waals surface area contributed by atoms with Crippen LogP contribution >= 0.6 is 0 Å². The lowest BCUT2D eigenvalue weighted by Gasteiger charge is -2.47. The quantitative estimate of drug-likeness (QED) is 0.496. The summed E-state index contributed by atoms with van der Waals surface area (Å²) in [6.45, 7) is 1.29. The second-order valence-corrected chi connectivity index (χ2v) is 9.16. The van der Waals surface area contributed by atoms with Gasteiger partial charge in [0, 0.05) is 48.5 Å². The molecule has 1 N–H and O–H groups in total. The Bertz CT molecular complexity index is 1460. The molecule has 3 aliphatic heterocycles. The molecule has 0 unspecified atom stereocenters. The van der Waals surface area contributed by atoms with Crippen molar-refractivity contribution in [2.45, 2.75) is 25.0 Å². The third kappa shape index (κ3) is 3.11. The third-order valence-electron chi connectivity index (χ3n) is 7.24. The first-order valence-corrected chi connectivity index (χ1v) is 11.7. The Balaban J connectivity index is 1.32. The summed E-state index contributed by atoms with van der Waals surface area (Å²) in [6.07, 6.45) is 5.77. The summed E-state index contributed by atoms with van der Waals surface area (Å²) < 4.78 is 13.0. The maximum Gasteiger partial charge on any atom is 0.246 e. The van der Waals surface area contributed by atoms with Crippen molar-refractivity contribution in [2.24, 2.45) is 0 Å². The zero-order valence-electron chi connectivity index (χ0n) is 18.9. The number of hydrogen-bond acceptors (Lipinski definition) is 5. The maximum atomic E-state index is 13.7. The van der Waals surface area contributed by atoms with Crippen molar-refractivity contribution < 1.29 is 19.1 Å². The average Bonchev–Trinajstić information content (AvgIpc) is 3.63. The summed E-state index contributed by atoms with van der Waals surface area (Å²) in [5.41, 5.74) is 3.93. The van der Waals surface area contributed by atoms with E-state index in [1.807, 2.05) is 47.2 Å². The molecule has 1 saturated heterocycles. The highest BCUT2D eigenvalue weighted by atomic mass is 16.7. The standard InChI is InChI=1S/C26H23N5O4/c32-23-13-30(10-9-29-8-7-27-14-29)26(33)20-12-18-17-3-1-2-4-19(17)28-24(18)25(31(20)23)16-5-6-21-22(11-16)35-15-34-21/h1-8,11,14,20,25,28H,9-10,12-13,15H2/t20-,25-/m1/s1. The van der Waals surface area contributed by atoms with E-state index in [9.17, 15) is 9.59 Å². The molecule has 2 aromatic heterocycles. The number of carbonyl (C=O) groups excluding carboxylic acids is 2. The summed E-state index contributed by atoms with van der Waals surface area (Å²) in [4.78, 5) is 38.4. The van der Waals surface area contributed by atoms with Gasteiger partial charge in [-0.3, -0.25) is 9.59 Å². The lowest BCUT2D eigenvalue weighted by Crippen LogP contribution is -2.63. The number of aromatic amines is 1.